The molecule has 0 spiro atoms. The van der Waals surface area contributed by atoms with E-state index < -0.39 is 0 Å². The fourth-order valence-electron chi connectivity index (χ4n) is 4.85. The minimum absolute atomic E-state index is 0.122. The van der Waals surface area contributed by atoms with Gasteiger partial charge in [-0.2, -0.15) is 5.10 Å². The Morgan fingerprint density at radius 2 is 1.85 bits per heavy atom. The molecular formula is C27H27ClN4O2. The molecule has 2 aromatic carbocycles. The van der Waals surface area contributed by atoms with Crippen LogP contribution in [0.2, 0.25) is 5.02 Å². The van der Waals surface area contributed by atoms with Crippen molar-refractivity contribution in [2.45, 2.75) is 46.1 Å². The maximum atomic E-state index is 13.3. The summed E-state index contributed by atoms with van der Waals surface area (Å²) in [6.45, 7) is 6.31. The van der Waals surface area contributed by atoms with Gasteiger partial charge < -0.3 is 10.6 Å². The van der Waals surface area contributed by atoms with Gasteiger partial charge in [-0.15, -0.1) is 0 Å². The number of amides is 1. The molecule has 0 unspecified atom stereocenters. The lowest BCUT2D eigenvalue weighted by Crippen LogP contribution is -2.37. The second-order valence-corrected chi connectivity index (χ2v) is 10.2. The van der Waals surface area contributed by atoms with Gasteiger partial charge in [0.25, 0.3) is 5.91 Å². The highest BCUT2D eigenvalue weighted by atomic mass is 35.5. The van der Waals surface area contributed by atoms with Crippen molar-refractivity contribution in [1.82, 2.24) is 9.78 Å². The first-order valence-electron chi connectivity index (χ1n) is 11.5. The molecule has 7 heteroatoms. The maximum absolute atomic E-state index is 13.3. The van der Waals surface area contributed by atoms with E-state index in [-0.39, 0.29) is 23.1 Å². The highest BCUT2D eigenvalue weighted by Gasteiger charge is 2.42. The van der Waals surface area contributed by atoms with E-state index in [0.717, 1.165) is 29.7 Å². The Bertz CT molecular complexity index is 1300. The molecule has 1 aromatic heterocycles. The van der Waals surface area contributed by atoms with Gasteiger partial charge >= 0.3 is 0 Å². The summed E-state index contributed by atoms with van der Waals surface area (Å²) >= 11 is 5.97. The van der Waals surface area contributed by atoms with Crippen molar-refractivity contribution >= 4 is 34.8 Å². The van der Waals surface area contributed by atoms with Crippen LogP contribution in [0.25, 0.3) is 0 Å². The molecule has 0 bridgehead atoms. The van der Waals surface area contributed by atoms with Crippen LogP contribution in [-0.4, -0.2) is 21.5 Å². The molecule has 1 atom stereocenters. The van der Waals surface area contributed by atoms with E-state index in [9.17, 15) is 9.59 Å². The van der Waals surface area contributed by atoms with Crippen LogP contribution >= 0.6 is 11.6 Å². The van der Waals surface area contributed by atoms with Crippen LogP contribution in [0, 0.1) is 5.41 Å². The quantitative estimate of drug-likeness (QED) is 0.485. The summed E-state index contributed by atoms with van der Waals surface area (Å²) in [6, 6.07) is 14.9. The van der Waals surface area contributed by atoms with Crippen molar-refractivity contribution in [1.29, 1.82) is 0 Å². The number of carbonyl (C=O) groups is 2. The van der Waals surface area contributed by atoms with Crippen LogP contribution in [0.3, 0.4) is 0 Å². The van der Waals surface area contributed by atoms with E-state index in [4.69, 9.17) is 11.6 Å². The minimum Gasteiger partial charge on any atom is -0.343 e. The third-order valence-corrected chi connectivity index (χ3v) is 6.81. The normalized spacial score (nSPS) is 18.7. The van der Waals surface area contributed by atoms with Crippen LogP contribution in [0.15, 0.2) is 66.0 Å². The number of carbonyl (C=O) groups excluding carboxylic acids is 2. The second-order valence-electron chi connectivity index (χ2n) is 9.77. The van der Waals surface area contributed by atoms with Gasteiger partial charge in [-0.1, -0.05) is 56.6 Å². The Morgan fingerprint density at radius 3 is 2.53 bits per heavy atom. The van der Waals surface area contributed by atoms with E-state index in [0.29, 0.717) is 28.5 Å². The van der Waals surface area contributed by atoms with Crippen molar-refractivity contribution in [3.8, 4) is 0 Å². The maximum Gasteiger partial charge on any atom is 0.261 e. The van der Waals surface area contributed by atoms with Crippen LogP contribution in [0.1, 0.15) is 61.1 Å². The molecular weight excluding hydrogens is 448 g/mol. The van der Waals surface area contributed by atoms with E-state index >= 15 is 0 Å². The van der Waals surface area contributed by atoms with Gasteiger partial charge in [0.2, 0.25) is 0 Å². The summed E-state index contributed by atoms with van der Waals surface area (Å²) in [7, 11) is 0. The lowest BCUT2D eigenvalue weighted by molar-refractivity contribution is -0.118. The zero-order chi connectivity index (χ0) is 24.0. The summed E-state index contributed by atoms with van der Waals surface area (Å²) in [5.41, 5.74) is 4.73. The number of nitrogens with zero attached hydrogens (tertiary/aromatic N) is 2. The molecule has 0 fully saturated rings. The zero-order valence-corrected chi connectivity index (χ0v) is 20.2. The standard InChI is InChI=1S/C27H27ClN4O2/c1-4-16-5-7-17(8-6-16)24-23-21(13-27(2,3)14-22(23)33)31-25-20(15-29-32(24)25)26(34)30-19-11-9-18(28)10-12-19/h5-12,15,24,31H,4,13-14H2,1-3H3,(H,30,34)/t24-/m0/s1. The number of rotatable bonds is 4. The number of benzene rings is 2. The number of allylic oxidation sites excluding steroid dienone is 2. The topological polar surface area (TPSA) is 76.0 Å². The Morgan fingerprint density at radius 1 is 1.15 bits per heavy atom. The molecule has 0 saturated carbocycles. The molecule has 0 radical (unpaired) electrons. The average Bonchev–Trinajstić information content (AvgIpc) is 3.22. The van der Waals surface area contributed by atoms with Crippen LogP contribution in [0.4, 0.5) is 11.5 Å². The van der Waals surface area contributed by atoms with Gasteiger partial charge in [0, 0.05) is 28.4 Å². The molecule has 1 aliphatic heterocycles. The monoisotopic (exact) mass is 474 g/mol. The zero-order valence-electron chi connectivity index (χ0n) is 19.5. The van der Waals surface area contributed by atoms with E-state index in [2.05, 4.69) is 60.8 Å². The number of fused-ring (bicyclic) bond motifs is 1. The lowest BCUT2D eigenvalue weighted by Gasteiger charge is -2.39. The first-order chi connectivity index (χ1) is 16.3. The van der Waals surface area contributed by atoms with Crippen molar-refractivity contribution in [2.24, 2.45) is 5.41 Å². The molecule has 6 nitrogen and oxygen atoms in total. The summed E-state index contributed by atoms with van der Waals surface area (Å²) < 4.78 is 1.77. The van der Waals surface area contributed by atoms with Gasteiger partial charge in [0.1, 0.15) is 17.4 Å². The Hall–Kier alpha value is -3.38. The van der Waals surface area contributed by atoms with Gasteiger partial charge in [-0.25, -0.2) is 4.68 Å². The number of nitrogens with one attached hydrogen (secondary N) is 2. The number of anilines is 2. The average molecular weight is 475 g/mol. The largest absolute Gasteiger partial charge is 0.343 e. The molecule has 2 N–H and O–H groups in total. The fraction of sp³-hybridized carbons (Fsp3) is 0.296. The van der Waals surface area contributed by atoms with Crippen molar-refractivity contribution in [3.05, 3.63) is 87.7 Å². The number of halogens is 1. The molecule has 5 rings (SSSR count). The van der Waals surface area contributed by atoms with Crippen LogP contribution < -0.4 is 10.6 Å². The van der Waals surface area contributed by atoms with E-state index in [1.54, 1.807) is 35.1 Å². The number of hydrogen-bond acceptors (Lipinski definition) is 4. The predicted molar refractivity (Wildman–Crippen MR) is 134 cm³/mol. The highest BCUT2D eigenvalue weighted by molar-refractivity contribution is 6.30. The third kappa shape index (κ3) is 4.03. The number of ketones is 1. The van der Waals surface area contributed by atoms with Gasteiger partial charge in [0.05, 0.1) is 6.20 Å². The number of aromatic nitrogens is 2. The lowest BCUT2D eigenvalue weighted by atomic mass is 9.73. The summed E-state index contributed by atoms with van der Waals surface area (Å²) in [4.78, 5) is 26.5. The van der Waals surface area contributed by atoms with E-state index in [1.165, 1.54) is 5.56 Å². The smallest absolute Gasteiger partial charge is 0.261 e. The first-order valence-corrected chi connectivity index (χ1v) is 11.9. The summed E-state index contributed by atoms with van der Waals surface area (Å²) in [5, 5.41) is 11.5. The van der Waals surface area contributed by atoms with Gasteiger partial charge in [-0.05, 0) is 53.6 Å². The summed E-state index contributed by atoms with van der Waals surface area (Å²) in [5.74, 6) is 0.443. The fourth-order valence-corrected chi connectivity index (χ4v) is 4.98. The molecule has 2 aliphatic rings. The van der Waals surface area contributed by atoms with Crippen molar-refractivity contribution in [2.75, 3.05) is 10.6 Å². The first kappa shape index (κ1) is 22.4. The third-order valence-electron chi connectivity index (χ3n) is 6.55. The number of aryl methyl sites for hydroxylation is 1. The SMILES string of the molecule is CCc1ccc([C@H]2C3=C(CC(C)(C)CC3=O)Nc3c(C(=O)Nc4ccc(Cl)cc4)cnn32)cc1. The predicted octanol–water partition coefficient (Wildman–Crippen LogP) is 6.01. The van der Waals surface area contributed by atoms with Crippen LogP contribution in [-0.2, 0) is 11.2 Å². The molecule has 0 saturated heterocycles. The number of Topliss-reactive ketones (excluding diaryl/α,β-unsaturated/α-hetero) is 1. The van der Waals surface area contributed by atoms with Gasteiger partial charge in [-0.3, -0.25) is 9.59 Å². The Kier molecular flexibility index (Phi) is 5.56. The second kappa shape index (κ2) is 8.44. The molecule has 1 amide bonds. The molecule has 174 valence electrons. The Balaban J connectivity index is 1.58. The molecule has 1 aliphatic carbocycles. The molecule has 3 aromatic rings. The summed E-state index contributed by atoms with van der Waals surface area (Å²) in [6.07, 6.45) is 3.71. The Labute approximate surface area is 204 Å². The minimum atomic E-state index is -0.377. The van der Waals surface area contributed by atoms with Crippen LogP contribution in [0.5, 0.6) is 0 Å². The van der Waals surface area contributed by atoms with E-state index in [1.807, 2.05) is 0 Å². The molecule has 34 heavy (non-hydrogen) atoms. The van der Waals surface area contributed by atoms with Crippen molar-refractivity contribution in [3.63, 3.8) is 0 Å². The van der Waals surface area contributed by atoms with Gasteiger partial charge in [0.15, 0.2) is 5.78 Å². The van der Waals surface area contributed by atoms with Crippen molar-refractivity contribution < 1.29 is 9.59 Å². The number of hydrogen-bond donors (Lipinski definition) is 2. The highest BCUT2D eigenvalue weighted by Crippen LogP contribution is 2.46. The molecule has 2 heterocycles.